The van der Waals surface area contributed by atoms with Crippen molar-refractivity contribution in [2.24, 2.45) is 4.99 Å². The Balaban J connectivity index is 2.54. The summed E-state index contributed by atoms with van der Waals surface area (Å²) in [6.45, 7) is 6.34. The van der Waals surface area contributed by atoms with E-state index in [2.05, 4.69) is 20.9 Å². The van der Waals surface area contributed by atoms with E-state index < -0.39 is 0 Å². The predicted molar refractivity (Wildman–Crippen MR) is 96.7 cm³/mol. The quantitative estimate of drug-likeness (QED) is 0.779. The number of aromatic nitrogens is 1. The van der Waals surface area contributed by atoms with Crippen LogP contribution in [0.1, 0.15) is 31.1 Å². The number of ether oxygens (including phenoxy) is 2. The van der Waals surface area contributed by atoms with E-state index in [9.17, 15) is 4.79 Å². The van der Waals surface area contributed by atoms with Crippen LogP contribution in [0.4, 0.5) is 0 Å². The molecule has 0 saturated carbocycles. The lowest BCUT2D eigenvalue weighted by Crippen LogP contribution is -2.28. The van der Waals surface area contributed by atoms with Gasteiger partial charge >= 0.3 is 0 Å². The van der Waals surface area contributed by atoms with Gasteiger partial charge in [-0.05, 0) is 61.0 Å². The summed E-state index contributed by atoms with van der Waals surface area (Å²) in [6.07, 6.45) is 1.71. The van der Waals surface area contributed by atoms with Crippen LogP contribution in [0.3, 0.4) is 0 Å². The largest absolute Gasteiger partial charge is 0.493 e. The van der Waals surface area contributed by atoms with Crippen LogP contribution in [-0.2, 0) is 0 Å². The molecule has 2 rings (SSSR count). The molecule has 1 heterocycles. The average molecular weight is 393 g/mol. The number of benzene rings is 1. The minimum absolute atomic E-state index is 0.0908. The highest BCUT2D eigenvalue weighted by molar-refractivity contribution is 9.10. The van der Waals surface area contributed by atoms with Gasteiger partial charge in [-0.3, -0.25) is 14.4 Å². The summed E-state index contributed by atoms with van der Waals surface area (Å²) in [5.41, 5.74) is 1.10. The standard InChI is InChI=1S/C18H21BrN2O3/c1-5-24-17-14(19)10-13(11-15(17)23-4)18(22)21-9-7-6-8-16(21)20-12(2)3/h6-12H,5H2,1-4H3. The van der Waals surface area contributed by atoms with Crippen molar-refractivity contribution in [1.29, 1.82) is 0 Å². The van der Waals surface area contributed by atoms with E-state index in [-0.39, 0.29) is 11.9 Å². The second kappa shape index (κ2) is 8.15. The molecule has 5 nitrogen and oxygen atoms in total. The van der Waals surface area contributed by atoms with Crippen LogP contribution < -0.4 is 15.0 Å². The molecule has 0 radical (unpaired) electrons. The Morgan fingerprint density at radius 3 is 2.71 bits per heavy atom. The molecule has 128 valence electrons. The van der Waals surface area contributed by atoms with Crippen molar-refractivity contribution in [3.63, 3.8) is 0 Å². The van der Waals surface area contributed by atoms with Gasteiger partial charge in [-0.1, -0.05) is 6.07 Å². The molecule has 0 unspecified atom stereocenters. The van der Waals surface area contributed by atoms with Crippen molar-refractivity contribution in [1.82, 2.24) is 4.57 Å². The number of rotatable bonds is 5. The van der Waals surface area contributed by atoms with Gasteiger partial charge in [0.05, 0.1) is 18.2 Å². The first-order valence-corrected chi connectivity index (χ1v) is 8.53. The third-order valence-electron chi connectivity index (χ3n) is 3.21. The fourth-order valence-corrected chi connectivity index (χ4v) is 2.80. The second-order valence-corrected chi connectivity index (χ2v) is 6.23. The molecule has 1 aromatic carbocycles. The summed E-state index contributed by atoms with van der Waals surface area (Å²) in [4.78, 5) is 17.4. The van der Waals surface area contributed by atoms with Gasteiger partial charge in [-0.2, -0.15) is 0 Å². The van der Waals surface area contributed by atoms with E-state index >= 15 is 0 Å². The first-order chi connectivity index (χ1) is 11.5. The van der Waals surface area contributed by atoms with Gasteiger partial charge in [0, 0.05) is 17.8 Å². The van der Waals surface area contributed by atoms with E-state index in [1.165, 1.54) is 4.57 Å². The lowest BCUT2D eigenvalue weighted by molar-refractivity contribution is 0.0954. The molecule has 6 heteroatoms. The summed E-state index contributed by atoms with van der Waals surface area (Å²) >= 11 is 3.45. The Morgan fingerprint density at radius 1 is 1.33 bits per heavy atom. The fraction of sp³-hybridized carbons (Fsp3) is 0.333. The van der Waals surface area contributed by atoms with E-state index in [1.54, 1.807) is 31.5 Å². The second-order valence-electron chi connectivity index (χ2n) is 5.38. The van der Waals surface area contributed by atoms with Gasteiger partial charge in [0.1, 0.15) is 5.49 Å². The molecule has 0 saturated heterocycles. The van der Waals surface area contributed by atoms with Gasteiger partial charge in [-0.15, -0.1) is 0 Å². The molecule has 0 spiro atoms. The molecule has 0 fully saturated rings. The molecule has 0 amide bonds. The van der Waals surface area contributed by atoms with Crippen LogP contribution in [0.2, 0.25) is 0 Å². The minimum atomic E-state index is -0.183. The van der Waals surface area contributed by atoms with Crippen LogP contribution in [-0.4, -0.2) is 30.2 Å². The maximum atomic E-state index is 12.9. The van der Waals surface area contributed by atoms with Gasteiger partial charge in [0.25, 0.3) is 5.91 Å². The van der Waals surface area contributed by atoms with Crippen molar-refractivity contribution in [2.45, 2.75) is 26.8 Å². The predicted octanol–water partition coefficient (Wildman–Crippen LogP) is 3.66. The Hall–Kier alpha value is -2.08. The van der Waals surface area contributed by atoms with E-state index in [1.807, 2.05) is 32.9 Å². The van der Waals surface area contributed by atoms with Crippen molar-refractivity contribution < 1.29 is 14.3 Å². The highest BCUT2D eigenvalue weighted by Gasteiger charge is 2.16. The monoisotopic (exact) mass is 392 g/mol. The molecule has 1 aromatic heterocycles. The van der Waals surface area contributed by atoms with Crippen LogP contribution in [0, 0.1) is 0 Å². The number of carbonyl (C=O) groups is 1. The number of pyridine rings is 1. The fourth-order valence-electron chi connectivity index (χ4n) is 2.24. The molecule has 0 atom stereocenters. The summed E-state index contributed by atoms with van der Waals surface area (Å²) < 4.78 is 13.1. The van der Waals surface area contributed by atoms with Crippen molar-refractivity contribution in [3.05, 3.63) is 52.1 Å². The lowest BCUT2D eigenvalue weighted by atomic mass is 10.2. The van der Waals surface area contributed by atoms with Crippen LogP contribution >= 0.6 is 15.9 Å². The van der Waals surface area contributed by atoms with Gasteiger partial charge < -0.3 is 9.47 Å². The first-order valence-electron chi connectivity index (χ1n) is 7.74. The number of methoxy groups -OCH3 is 1. The van der Waals surface area contributed by atoms with Gasteiger partial charge in [0.15, 0.2) is 11.5 Å². The van der Waals surface area contributed by atoms with E-state index in [0.717, 1.165) is 0 Å². The molecule has 0 bridgehead atoms. The van der Waals surface area contributed by atoms with Gasteiger partial charge in [-0.25, -0.2) is 0 Å². The SMILES string of the molecule is CCOc1c(Br)cc(C(=O)n2ccccc2=NC(C)C)cc1OC. The topological polar surface area (TPSA) is 52.8 Å². The zero-order valence-electron chi connectivity index (χ0n) is 14.2. The molecular formula is C18H21BrN2O3. The molecule has 2 aromatic rings. The summed E-state index contributed by atoms with van der Waals surface area (Å²) in [7, 11) is 1.55. The maximum absolute atomic E-state index is 12.9. The molecule has 0 N–H and O–H groups in total. The Kier molecular flexibility index (Phi) is 6.20. The van der Waals surface area contributed by atoms with E-state index in [0.29, 0.717) is 33.6 Å². The maximum Gasteiger partial charge on any atom is 0.263 e. The zero-order chi connectivity index (χ0) is 17.7. The number of carbonyl (C=O) groups excluding carboxylic acids is 1. The Labute approximate surface area is 150 Å². The normalized spacial score (nSPS) is 11.7. The molecule has 0 aliphatic carbocycles. The number of hydrogen-bond donors (Lipinski definition) is 0. The van der Waals surface area contributed by atoms with Crippen LogP contribution in [0.5, 0.6) is 11.5 Å². The third kappa shape index (κ3) is 4.06. The summed E-state index contributed by atoms with van der Waals surface area (Å²) in [5, 5.41) is 0. The Bertz CT molecular complexity index is 797. The highest BCUT2D eigenvalue weighted by Crippen LogP contribution is 2.36. The van der Waals surface area contributed by atoms with Crippen molar-refractivity contribution >= 4 is 21.8 Å². The Morgan fingerprint density at radius 2 is 2.08 bits per heavy atom. The lowest BCUT2D eigenvalue weighted by Gasteiger charge is -2.14. The first kappa shape index (κ1) is 18.3. The number of hydrogen-bond acceptors (Lipinski definition) is 4. The average Bonchev–Trinajstić information content (AvgIpc) is 2.56. The highest BCUT2D eigenvalue weighted by atomic mass is 79.9. The summed E-state index contributed by atoms with van der Waals surface area (Å²) in [6, 6.07) is 8.98. The number of halogens is 1. The van der Waals surface area contributed by atoms with E-state index in [4.69, 9.17) is 9.47 Å². The number of nitrogens with zero attached hydrogens (tertiary/aromatic N) is 2. The minimum Gasteiger partial charge on any atom is -0.493 e. The van der Waals surface area contributed by atoms with Crippen LogP contribution in [0.15, 0.2) is 46.0 Å². The molecular weight excluding hydrogens is 372 g/mol. The molecule has 0 aliphatic heterocycles. The molecule has 24 heavy (non-hydrogen) atoms. The third-order valence-corrected chi connectivity index (χ3v) is 3.80. The molecule has 0 aliphatic rings. The zero-order valence-corrected chi connectivity index (χ0v) is 15.8. The van der Waals surface area contributed by atoms with Crippen molar-refractivity contribution in [3.8, 4) is 11.5 Å². The smallest absolute Gasteiger partial charge is 0.263 e. The van der Waals surface area contributed by atoms with Gasteiger partial charge in [0.2, 0.25) is 0 Å². The van der Waals surface area contributed by atoms with Crippen LogP contribution in [0.25, 0.3) is 0 Å². The van der Waals surface area contributed by atoms with Crippen molar-refractivity contribution in [2.75, 3.05) is 13.7 Å². The summed E-state index contributed by atoms with van der Waals surface area (Å²) in [5.74, 6) is 0.909.